The zero-order valence-electron chi connectivity index (χ0n) is 13.7. The van der Waals surface area contributed by atoms with Crippen molar-refractivity contribution in [2.45, 2.75) is 52.8 Å². The molecule has 118 valence electrons. The minimum absolute atomic E-state index is 0.00278. The summed E-state index contributed by atoms with van der Waals surface area (Å²) in [6, 6.07) is 2.50. The highest BCUT2D eigenvalue weighted by molar-refractivity contribution is 5.12. The van der Waals surface area contributed by atoms with E-state index in [9.17, 15) is 0 Å². The van der Waals surface area contributed by atoms with Crippen molar-refractivity contribution in [1.29, 1.82) is 0 Å². The van der Waals surface area contributed by atoms with Gasteiger partial charge in [0.2, 0.25) is 0 Å². The van der Waals surface area contributed by atoms with E-state index in [1.165, 1.54) is 6.42 Å². The highest BCUT2D eigenvalue weighted by Gasteiger charge is 2.24. The lowest BCUT2D eigenvalue weighted by Crippen LogP contribution is -2.39. The molecule has 1 fully saturated rings. The quantitative estimate of drug-likeness (QED) is 0.870. The fourth-order valence-electron chi connectivity index (χ4n) is 2.58. The van der Waals surface area contributed by atoms with E-state index in [1.54, 1.807) is 0 Å². The van der Waals surface area contributed by atoms with Crippen LogP contribution in [0.15, 0.2) is 6.07 Å². The summed E-state index contributed by atoms with van der Waals surface area (Å²) in [6.07, 6.45) is 1.17. The van der Waals surface area contributed by atoms with Crippen molar-refractivity contribution in [3.05, 3.63) is 23.3 Å². The average Bonchev–Trinajstić information content (AvgIpc) is 2.45. The van der Waals surface area contributed by atoms with Gasteiger partial charge in [0.25, 0.3) is 0 Å². The van der Waals surface area contributed by atoms with E-state index in [4.69, 9.17) is 9.72 Å². The Morgan fingerprint density at radius 2 is 2.24 bits per heavy atom. The Balaban J connectivity index is 2.07. The van der Waals surface area contributed by atoms with Crippen molar-refractivity contribution in [1.82, 2.24) is 20.2 Å². The lowest BCUT2D eigenvalue weighted by Gasteiger charge is -2.32. The molecule has 1 aromatic rings. The van der Waals surface area contributed by atoms with E-state index in [0.717, 1.165) is 50.0 Å². The van der Waals surface area contributed by atoms with Crippen molar-refractivity contribution in [2.24, 2.45) is 0 Å². The van der Waals surface area contributed by atoms with Gasteiger partial charge in [-0.05, 0) is 26.0 Å². The monoisotopic (exact) mass is 292 g/mol. The van der Waals surface area contributed by atoms with Crippen LogP contribution >= 0.6 is 0 Å². The second kappa shape index (κ2) is 7.82. The first-order valence-electron chi connectivity index (χ1n) is 8.00. The maximum Gasteiger partial charge on any atom is 0.158 e. The average molecular weight is 292 g/mol. The van der Waals surface area contributed by atoms with Gasteiger partial charge in [-0.15, -0.1) is 0 Å². The van der Waals surface area contributed by atoms with Crippen molar-refractivity contribution >= 4 is 0 Å². The number of hydrogen-bond donors (Lipinski definition) is 1. The van der Waals surface area contributed by atoms with Gasteiger partial charge >= 0.3 is 0 Å². The molecule has 0 saturated carbocycles. The summed E-state index contributed by atoms with van der Waals surface area (Å²) in [5, 5.41) is 3.41. The molecule has 1 aromatic heterocycles. The Morgan fingerprint density at radius 3 is 2.95 bits per heavy atom. The smallest absolute Gasteiger partial charge is 0.158 e. The molecule has 0 spiro atoms. The SMILES string of the molecule is CCCN1CCOC(c2nc(C)cc(CNC(C)C)n2)C1. The van der Waals surface area contributed by atoms with Crippen LogP contribution in [0.4, 0.5) is 0 Å². The maximum atomic E-state index is 5.89. The number of nitrogens with zero attached hydrogens (tertiary/aromatic N) is 3. The summed E-state index contributed by atoms with van der Waals surface area (Å²) >= 11 is 0. The minimum Gasteiger partial charge on any atom is -0.368 e. The minimum atomic E-state index is 0.00278. The molecule has 1 aliphatic heterocycles. The van der Waals surface area contributed by atoms with Crippen LogP contribution in [0.1, 0.15) is 50.5 Å². The van der Waals surface area contributed by atoms with Crippen molar-refractivity contribution in [3.63, 3.8) is 0 Å². The summed E-state index contributed by atoms with van der Waals surface area (Å²) in [5.41, 5.74) is 2.05. The number of ether oxygens (including phenoxy) is 1. The first kappa shape index (κ1) is 16.3. The first-order chi connectivity index (χ1) is 10.1. The summed E-state index contributed by atoms with van der Waals surface area (Å²) in [4.78, 5) is 11.7. The molecule has 0 aromatic carbocycles. The van der Waals surface area contributed by atoms with Crippen LogP contribution in [-0.2, 0) is 11.3 Å². The zero-order chi connectivity index (χ0) is 15.2. The van der Waals surface area contributed by atoms with Crippen LogP contribution in [0.2, 0.25) is 0 Å². The standard InChI is InChI=1S/C16H28N4O/c1-5-6-20-7-8-21-15(11-20)16-18-13(4)9-14(19-16)10-17-12(2)3/h9,12,15,17H,5-8,10-11H2,1-4H3. The summed E-state index contributed by atoms with van der Waals surface area (Å²) in [6.45, 7) is 13.1. The predicted octanol–water partition coefficient (Wildman–Crippen LogP) is 2.07. The molecule has 5 heteroatoms. The Hall–Kier alpha value is -1.04. The van der Waals surface area contributed by atoms with Gasteiger partial charge in [0.15, 0.2) is 5.82 Å². The zero-order valence-corrected chi connectivity index (χ0v) is 13.7. The first-order valence-corrected chi connectivity index (χ1v) is 8.00. The molecule has 1 N–H and O–H groups in total. The lowest BCUT2D eigenvalue weighted by molar-refractivity contribution is -0.0343. The molecule has 0 aliphatic carbocycles. The molecular weight excluding hydrogens is 264 g/mol. The van der Waals surface area contributed by atoms with Crippen molar-refractivity contribution in [3.8, 4) is 0 Å². The lowest BCUT2D eigenvalue weighted by atomic mass is 10.2. The van der Waals surface area contributed by atoms with Crippen LogP contribution in [0.25, 0.3) is 0 Å². The van der Waals surface area contributed by atoms with Gasteiger partial charge in [0.05, 0.1) is 12.3 Å². The molecule has 21 heavy (non-hydrogen) atoms. The third-order valence-electron chi connectivity index (χ3n) is 3.59. The van der Waals surface area contributed by atoms with E-state index in [0.29, 0.717) is 6.04 Å². The van der Waals surface area contributed by atoms with E-state index in [2.05, 4.69) is 36.0 Å². The third-order valence-corrected chi connectivity index (χ3v) is 3.59. The maximum absolute atomic E-state index is 5.89. The van der Waals surface area contributed by atoms with E-state index in [1.807, 2.05) is 13.0 Å². The normalized spacial score (nSPS) is 20.1. The van der Waals surface area contributed by atoms with Crippen molar-refractivity contribution < 1.29 is 4.74 Å². The molecule has 1 aliphatic rings. The Bertz CT molecular complexity index is 448. The summed E-state index contributed by atoms with van der Waals surface area (Å²) < 4.78 is 5.89. The van der Waals surface area contributed by atoms with Gasteiger partial charge in [-0.3, -0.25) is 4.90 Å². The summed E-state index contributed by atoms with van der Waals surface area (Å²) in [5.74, 6) is 0.830. The second-order valence-corrected chi connectivity index (χ2v) is 6.05. The highest BCUT2D eigenvalue weighted by Crippen LogP contribution is 2.20. The number of aromatic nitrogens is 2. The Kier molecular flexibility index (Phi) is 6.08. The number of nitrogens with one attached hydrogen (secondary N) is 1. The van der Waals surface area contributed by atoms with Gasteiger partial charge in [0, 0.05) is 31.4 Å². The number of rotatable bonds is 6. The Labute approximate surface area is 128 Å². The van der Waals surface area contributed by atoms with E-state index in [-0.39, 0.29) is 6.10 Å². The molecule has 1 unspecified atom stereocenters. The molecule has 2 rings (SSSR count). The third kappa shape index (κ3) is 5.02. The van der Waals surface area contributed by atoms with Crippen molar-refractivity contribution in [2.75, 3.05) is 26.2 Å². The summed E-state index contributed by atoms with van der Waals surface area (Å²) in [7, 11) is 0. The topological polar surface area (TPSA) is 50.3 Å². The van der Waals surface area contributed by atoms with Crippen LogP contribution in [0, 0.1) is 6.92 Å². The number of aryl methyl sites for hydroxylation is 1. The largest absolute Gasteiger partial charge is 0.368 e. The molecule has 0 bridgehead atoms. The molecule has 0 amide bonds. The van der Waals surface area contributed by atoms with E-state index >= 15 is 0 Å². The fourth-order valence-corrected chi connectivity index (χ4v) is 2.58. The molecule has 1 atom stereocenters. The van der Waals surface area contributed by atoms with Gasteiger partial charge in [-0.2, -0.15) is 0 Å². The van der Waals surface area contributed by atoms with Gasteiger partial charge in [0.1, 0.15) is 6.10 Å². The Morgan fingerprint density at radius 1 is 1.43 bits per heavy atom. The van der Waals surface area contributed by atoms with Crippen LogP contribution in [0.5, 0.6) is 0 Å². The molecule has 0 radical (unpaired) electrons. The molecule has 1 saturated heterocycles. The molecule has 2 heterocycles. The molecule has 5 nitrogen and oxygen atoms in total. The fraction of sp³-hybridized carbons (Fsp3) is 0.750. The van der Waals surface area contributed by atoms with Gasteiger partial charge in [-0.25, -0.2) is 9.97 Å². The molecular formula is C16H28N4O. The highest BCUT2D eigenvalue weighted by atomic mass is 16.5. The number of hydrogen-bond acceptors (Lipinski definition) is 5. The van der Waals surface area contributed by atoms with Gasteiger partial charge < -0.3 is 10.1 Å². The predicted molar refractivity (Wildman–Crippen MR) is 84.2 cm³/mol. The van der Waals surface area contributed by atoms with E-state index < -0.39 is 0 Å². The van der Waals surface area contributed by atoms with Crippen LogP contribution in [-0.4, -0.2) is 47.2 Å². The number of morpholine rings is 1. The van der Waals surface area contributed by atoms with Crippen LogP contribution in [0.3, 0.4) is 0 Å². The second-order valence-electron chi connectivity index (χ2n) is 6.05. The van der Waals surface area contributed by atoms with Crippen LogP contribution < -0.4 is 5.32 Å². The van der Waals surface area contributed by atoms with Gasteiger partial charge in [-0.1, -0.05) is 20.8 Å².